The van der Waals surface area contributed by atoms with Crippen molar-refractivity contribution < 1.29 is 9.90 Å². The molecule has 1 atom stereocenters. The van der Waals surface area contributed by atoms with Gasteiger partial charge < -0.3 is 5.11 Å². The first-order valence-electron chi connectivity index (χ1n) is 8.26. The van der Waals surface area contributed by atoms with Gasteiger partial charge in [-0.3, -0.25) is 4.79 Å². The van der Waals surface area contributed by atoms with Crippen LogP contribution in [-0.4, -0.2) is 11.1 Å². The first-order valence-corrected chi connectivity index (χ1v) is 8.26. The van der Waals surface area contributed by atoms with Gasteiger partial charge in [-0.2, -0.15) is 0 Å². The number of carboxylic acids is 1. The van der Waals surface area contributed by atoms with Crippen LogP contribution < -0.4 is 0 Å². The van der Waals surface area contributed by atoms with Gasteiger partial charge in [0, 0.05) is 0 Å². The molecule has 0 bridgehead atoms. The summed E-state index contributed by atoms with van der Waals surface area (Å²) in [6.45, 7) is 6.61. The lowest BCUT2D eigenvalue weighted by Crippen LogP contribution is -2.21. The Bertz CT molecular complexity index is 225. The molecule has 1 N–H and O–H groups in total. The lowest BCUT2D eigenvalue weighted by molar-refractivity contribution is -0.139. The third-order valence-electron chi connectivity index (χ3n) is 4.10. The Labute approximate surface area is 120 Å². The Morgan fingerprint density at radius 2 is 1.26 bits per heavy atom. The zero-order valence-electron chi connectivity index (χ0n) is 13.3. The van der Waals surface area contributed by atoms with Crippen LogP contribution in [0, 0.1) is 5.41 Å². The van der Waals surface area contributed by atoms with Gasteiger partial charge in [0.15, 0.2) is 0 Å². The Kier molecular flexibility index (Phi) is 11.0. The molecule has 114 valence electrons. The van der Waals surface area contributed by atoms with Gasteiger partial charge in [0.2, 0.25) is 0 Å². The summed E-state index contributed by atoms with van der Waals surface area (Å²) in [4.78, 5) is 11.0. The number of carboxylic acid groups (broad SMARTS) is 1. The van der Waals surface area contributed by atoms with E-state index in [4.69, 9.17) is 5.11 Å². The smallest absolute Gasteiger partial charge is 0.303 e. The van der Waals surface area contributed by atoms with Crippen LogP contribution >= 0.6 is 0 Å². The van der Waals surface area contributed by atoms with Gasteiger partial charge in [0.05, 0.1) is 6.42 Å². The quantitative estimate of drug-likeness (QED) is 0.429. The van der Waals surface area contributed by atoms with Crippen LogP contribution in [-0.2, 0) is 4.79 Å². The summed E-state index contributed by atoms with van der Waals surface area (Å²) in [7, 11) is 0. The fourth-order valence-electron chi connectivity index (χ4n) is 2.80. The van der Waals surface area contributed by atoms with Crippen molar-refractivity contribution in [2.75, 3.05) is 0 Å². The molecule has 2 heteroatoms. The number of rotatable bonds is 13. The van der Waals surface area contributed by atoms with Gasteiger partial charge in [0.1, 0.15) is 0 Å². The van der Waals surface area contributed by atoms with Gasteiger partial charge >= 0.3 is 5.97 Å². The number of carbonyl (C=O) groups is 1. The lowest BCUT2D eigenvalue weighted by Gasteiger charge is -2.28. The largest absolute Gasteiger partial charge is 0.481 e. The highest BCUT2D eigenvalue weighted by atomic mass is 16.4. The van der Waals surface area contributed by atoms with Crippen molar-refractivity contribution in [3.8, 4) is 0 Å². The van der Waals surface area contributed by atoms with E-state index in [2.05, 4.69) is 20.8 Å². The highest BCUT2D eigenvalue weighted by Crippen LogP contribution is 2.34. The molecule has 0 spiro atoms. The lowest BCUT2D eigenvalue weighted by atomic mass is 9.77. The molecule has 0 aliphatic rings. The average molecular weight is 270 g/mol. The summed E-state index contributed by atoms with van der Waals surface area (Å²) in [6.07, 6.45) is 13.8. The Morgan fingerprint density at radius 3 is 1.68 bits per heavy atom. The van der Waals surface area contributed by atoms with E-state index < -0.39 is 5.97 Å². The van der Waals surface area contributed by atoms with Gasteiger partial charge in [-0.15, -0.1) is 0 Å². The fourth-order valence-corrected chi connectivity index (χ4v) is 2.80. The zero-order valence-corrected chi connectivity index (χ0v) is 13.3. The van der Waals surface area contributed by atoms with Crippen LogP contribution in [0.3, 0.4) is 0 Å². The fraction of sp³-hybridized carbons (Fsp3) is 0.941. The van der Waals surface area contributed by atoms with E-state index in [1.54, 1.807) is 0 Å². The summed E-state index contributed by atoms with van der Waals surface area (Å²) in [5.74, 6) is -0.633. The summed E-state index contributed by atoms with van der Waals surface area (Å²) in [5, 5.41) is 9.09. The van der Waals surface area contributed by atoms with Crippen LogP contribution in [0.5, 0.6) is 0 Å². The number of hydrogen-bond acceptors (Lipinski definition) is 1. The van der Waals surface area contributed by atoms with E-state index >= 15 is 0 Å². The SMILES string of the molecule is CCCCCCCC(C)(CCCCCC)CC(=O)O. The normalized spacial score (nSPS) is 14.3. The second-order valence-electron chi connectivity index (χ2n) is 6.36. The van der Waals surface area contributed by atoms with Gasteiger partial charge in [-0.1, -0.05) is 78.6 Å². The summed E-state index contributed by atoms with van der Waals surface area (Å²) in [6, 6.07) is 0. The number of aliphatic carboxylic acids is 1. The summed E-state index contributed by atoms with van der Waals surface area (Å²) >= 11 is 0. The van der Waals surface area contributed by atoms with Crippen molar-refractivity contribution in [1.82, 2.24) is 0 Å². The minimum atomic E-state index is -0.633. The van der Waals surface area contributed by atoms with Crippen LogP contribution in [0.4, 0.5) is 0 Å². The monoisotopic (exact) mass is 270 g/mol. The molecule has 0 aliphatic carbocycles. The van der Waals surface area contributed by atoms with Crippen molar-refractivity contribution in [2.45, 2.75) is 97.8 Å². The number of hydrogen-bond donors (Lipinski definition) is 1. The summed E-state index contributed by atoms with van der Waals surface area (Å²) in [5.41, 5.74) is 0.0196. The van der Waals surface area contributed by atoms with Crippen molar-refractivity contribution in [3.63, 3.8) is 0 Å². The molecule has 0 saturated heterocycles. The van der Waals surface area contributed by atoms with Crippen molar-refractivity contribution in [2.24, 2.45) is 5.41 Å². The first kappa shape index (κ1) is 18.5. The van der Waals surface area contributed by atoms with Crippen LogP contribution in [0.25, 0.3) is 0 Å². The average Bonchev–Trinajstić information content (AvgIpc) is 2.34. The minimum Gasteiger partial charge on any atom is -0.481 e. The van der Waals surface area contributed by atoms with E-state index in [9.17, 15) is 4.79 Å². The molecule has 1 unspecified atom stereocenters. The number of unbranched alkanes of at least 4 members (excludes halogenated alkanes) is 7. The molecule has 0 aromatic rings. The zero-order chi connectivity index (χ0) is 14.6. The molecule has 0 aliphatic heterocycles. The maximum Gasteiger partial charge on any atom is 0.303 e. The van der Waals surface area contributed by atoms with E-state index in [1.807, 2.05) is 0 Å². The third kappa shape index (κ3) is 11.0. The van der Waals surface area contributed by atoms with Crippen molar-refractivity contribution in [3.05, 3.63) is 0 Å². The van der Waals surface area contributed by atoms with Gasteiger partial charge in [-0.05, 0) is 18.3 Å². The molecule has 0 heterocycles. The molecule has 2 nitrogen and oxygen atoms in total. The van der Waals surface area contributed by atoms with Crippen LogP contribution in [0.15, 0.2) is 0 Å². The Balaban J connectivity index is 3.99. The third-order valence-corrected chi connectivity index (χ3v) is 4.10. The molecule has 0 radical (unpaired) electrons. The van der Waals surface area contributed by atoms with Gasteiger partial charge in [-0.25, -0.2) is 0 Å². The molecule has 0 amide bonds. The van der Waals surface area contributed by atoms with Crippen molar-refractivity contribution >= 4 is 5.97 Å². The molecule has 0 aromatic carbocycles. The second kappa shape index (κ2) is 11.3. The van der Waals surface area contributed by atoms with E-state index in [-0.39, 0.29) is 5.41 Å². The van der Waals surface area contributed by atoms with E-state index in [1.165, 1.54) is 57.8 Å². The molecule has 0 rings (SSSR count). The molecule has 0 aromatic heterocycles. The predicted octanol–water partition coefficient (Wildman–Crippen LogP) is 5.80. The molecule has 0 saturated carbocycles. The summed E-state index contributed by atoms with van der Waals surface area (Å²) < 4.78 is 0. The van der Waals surface area contributed by atoms with E-state index in [0.29, 0.717) is 6.42 Å². The maximum absolute atomic E-state index is 11.0. The topological polar surface area (TPSA) is 37.3 Å². The predicted molar refractivity (Wildman–Crippen MR) is 82.5 cm³/mol. The van der Waals surface area contributed by atoms with Gasteiger partial charge in [0.25, 0.3) is 0 Å². The molecular formula is C17H34O2. The minimum absolute atomic E-state index is 0.0196. The Morgan fingerprint density at radius 1 is 0.842 bits per heavy atom. The van der Waals surface area contributed by atoms with Crippen molar-refractivity contribution in [1.29, 1.82) is 0 Å². The Hall–Kier alpha value is -0.530. The highest BCUT2D eigenvalue weighted by Gasteiger charge is 2.26. The van der Waals surface area contributed by atoms with Crippen LogP contribution in [0.2, 0.25) is 0 Å². The van der Waals surface area contributed by atoms with Crippen LogP contribution in [0.1, 0.15) is 97.8 Å². The molecular weight excluding hydrogens is 236 g/mol. The maximum atomic E-state index is 11.0. The standard InChI is InChI=1S/C17H34O2/c1-4-6-8-10-12-14-17(3,15-16(18)19)13-11-9-7-5-2/h4-15H2,1-3H3,(H,18,19). The molecule has 0 fully saturated rings. The highest BCUT2D eigenvalue weighted by molar-refractivity contribution is 5.67. The second-order valence-corrected chi connectivity index (χ2v) is 6.36. The van der Waals surface area contributed by atoms with E-state index in [0.717, 1.165) is 12.8 Å². The molecule has 19 heavy (non-hydrogen) atoms. The first-order chi connectivity index (χ1) is 9.04.